The van der Waals surface area contributed by atoms with Crippen LogP contribution >= 0.6 is 0 Å². The monoisotopic (exact) mass is 999 g/mol. The number of nitrogens with two attached hydrogens (primary N) is 1. The number of hydrogen-bond acceptors (Lipinski definition) is 15. The number of carbonyl (C=O) groups is 1. The number of aromatic amines is 1. The fourth-order valence-corrected chi connectivity index (χ4v) is 15.4. The SMILES string of the molecule is Cc1ccccc1[C@@H]1CCCN1C1CC2(CCN(c3ccc(C(N)=O)c(N4C[C@@H]5COCC[C@@H]5Oc5nc6[nH]ccc6cc54)c3S(=O)(=O)c3cc4c(c([N+](=O)[O-])c3)N[C@@H](CN3C[C@H]5C[C@@H]3CO5)CO4)CC2)C1. The molecule has 0 unspecified atom stereocenters. The first-order valence-corrected chi connectivity index (χ1v) is 27.2. The van der Waals surface area contributed by atoms with Gasteiger partial charge in [0.25, 0.3) is 11.6 Å². The molecule has 1 spiro atoms. The molecule has 378 valence electrons. The Kier molecular flexibility index (Phi) is 11.2. The number of carbonyl (C=O) groups excluding carboxylic acids is 1. The lowest BCUT2D eigenvalue weighted by Gasteiger charge is -2.56. The van der Waals surface area contributed by atoms with Crippen LogP contribution in [0.4, 0.5) is 28.4 Å². The number of nitro groups is 1. The summed E-state index contributed by atoms with van der Waals surface area (Å²) in [5.41, 5.74) is 10.4. The second-order valence-electron chi connectivity index (χ2n) is 21.6. The summed E-state index contributed by atoms with van der Waals surface area (Å²) in [4.78, 5) is 43.0. The van der Waals surface area contributed by atoms with Crippen LogP contribution in [0.5, 0.6) is 11.6 Å². The number of nitro benzene ring substituents is 1. The van der Waals surface area contributed by atoms with E-state index in [2.05, 4.69) is 56.2 Å². The van der Waals surface area contributed by atoms with Crippen molar-refractivity contribution in [1.29, 1.82) is 0 Å². The van der Waals surface area contributed by atoms with Crippen molar-refractivity contribution in [3.05, 3.63) is 93.7 Å². The molecule has 19 heteroatoms. The zero-order valence-electron chi connectivity index (χ0n) is 40.5. The zero-order chi connectivity index (χ0) is 49.0. The Labute approximate surface area is 418 Å². The van der Waals surface area contributed by atoms with Crippen molar-refractivity contribution < 1.29 is 37.1 Å². The first-order valence-electron chi connectivity index (χ1n) is 25.8. The number of H-pyrrole nitrogens is 1. The normalized spacial score (nSPS) is 27.1. The molecule has 3 aromatic carbocycles. The van der Waals surface area contributed by atoms with Gasteiger partial charge in [0.1, 0.15) is 28.9 Å². The lowest BCUT2D eigenvalue weighted by atomic mass is 9.59. The Hall–Kier alpha value is -5.99. The molecule has 2 bridgehead atoms. The Morgan fingerprint density at radius 3 is 2.61 bits per heavy atom. The fourth-order valence-electron chi connectivity index (χ4n) is 13.7. The van der Waals surface area contributed by atoms with Crippen LogP contribution in [0.1, 0.15) is 78.9 Å². The lowest BCUT2D eigenvalue weighted by Crippen LogP contribution is -2.55. The number of hydrogen-bond donors (Lipinski definition) is 3. The number of benzene rings is 3. The van der Waals surface area contributed by atoms with Gasteiger partial charge < -0.3 is 44.8 Å². The Bertz CT molecular complexity index is 3100. The van der Waals surface area contributed by atoms with Crippen molar-refractivity contribution in [1.82, 2.24) is 19.8 Å². The summed E-state index contributed by atoms with van der Waals surface area (Å²) in [5.74, 6) is -0.743. The maximum atomic E-state index is 16.2. The van der Waals surface area contributed by atoms with E-state index >= 15 is 8.42 Å². The molecule has 5 saturated heterocycles. The first-order chi connectivity index (χ1) is 34.9. The predicted molar refractivity (Wildman–Crippen MR) is 269 cm³/mol. The molecule has 8 aliphatic rings. The number of morpholine rings is 1. The summed E-state index contributed by atoms with van der Waals surface area (Å²) in [6.07, 6.45) is 9.39. The van der Waals surface area contributed by atoms with E-state index in [1.54, 1.807) is 18.3 Å². The van der Waals surface area contributed by atoms with Crippen LogP contribution < -0.4 is 30.3 Å². The Balaban J connectivity index is 0.896. The van der Waals surface area contributed by atoms with Gasteiger partial charge in [-0.15, -0.1) is 0 Å². The minimum absolute atomic E-state index is 0.0222. The number of ether oxygens (including phenoxy) is 4. The van der Waals surface area contributed by atoms with Gasteiger partial charge >= 0.3 is 0 Å². The first kappa shape index (κ1) is 45.8. The number of primary amides is 1. The molecule has 18 nitrogen and oxygen atoms in total. The Morgan fingerprint density at radius 1 is 0.986 bits per heavy atom. The van der Waals surface area contributed by atoms with Gasteiger partial charge in [0.15, 0.2) is 11.4 Å². The number of piperidine rings is 1. The van der Waals surface area contributed by atoms with Crippen LogP contribution in [-0.2, 0) is 19.3 Å². The molecular weight excluding hydrogens is 939 g/mol. The molecule has 9 heterocycles. The lowest BCUT2D eigenvalue weighted by molar-refractivity contribution is -0.384. The van der Waals surface area contributed by atoms with Crippen LogP contribution in [0.15, 0.2) is 76.7 Å². The molecule has 2 aromatic heterocycles. The summed E-state index contributed by atoms with van der Waals surface area (Å²) in [6.45, 7) is 7.65. The highest BCUT2D eigenvalue weighted by atomic mass is 32.2. The van der Waals surface area contributed by atoms with Crippen molar-refractivity contribution in [2.75, 3.05) is 80.8 Å². The van der Waals surface area contributed by atoms with Gasteiger partial charge in [-0.25, -0.2) is 8.42 Å². The van der Waals surface area contributed by atoms with E-state index in [1.807, 2.05) is 17.0 Å². The van der Waals surface area contributed by atoms with Crippen molar-refractivity contribution >= 4 is 55.2 Å². The van der Waals surface area contributed by atoms with E-state index in [1.165, 1.54) is 23.6 Å². The zero-order valence-corrected chi connectivity index (χ0v) is 41.3. The maximum Gasteiger partial charge on any atom is 0.297 e. The van der Waals surface area contributed by atoms with Crippen molar-refractivity contribution in [2.24, 2.45) is 17.1 Å². The number of rotatable bonds is 10. The van der Waals surface area contributed by atoms with E-state index in [9.17, 15) is 14.9 Å². The second kappa shape index (κ2) is 17.6. The number of likely N-dealkylation sites (tertiary alicyclic amines) is 2. The van der Waals surface area contributed by atoms with Crippen LogP contribution in [0.25, 0.3) is 11.0 Å². The number of amides is 1. The number of nitrogens with one attached hydrogen (secondary N) is 2. The van der Waals surface area contributed by atoms with Crippen molar-refractivity contribution in [3.8, 4) is 11.6 Å². The number of aromatic nitrogens is 2. The number of fused-ring (bicyclic) bond motifs is 6. The summed E-state index contributed by atoms with van der Waals surface area (Å²) < 4.78 is 57.1. The highest BCUT2D eigenvalue weighted by Gasteiger charge is 2.51. The molecule has 1 aliphatic carbocycles. The van der Waals surface area contributed by atoms with Gasteiger partial charge in [0.2, 0.25) is 15.7 Å². The van der Waals surface area contributed by atoms with E-state index in [0.29, 0.717) is 75.0 Å². The smallest absolute Gasteiger partial charge is 0.297 e. The molecule has 6 atom stereocenters. The van der Waals surface area contributed by atoms with Crippen molar-refractivity contribution in [3.63, 3.8) is 0 Å². The highest BCUT2D eigenvalue weighted by molar-refractivity contribution is 7.91. The number of sulfone groups is 1. The molecule has 7 aliphatic heterocycles. The average Bonchev–Trinajstić information content (AvgIpc) is 4.20. The largest absolute Gasteiger partial charge is 0.489 e. The molecule has 5 aromatic rings. The minimum atomic E-state index is -4.76. The molecule has 4 N–H and O–H groups in total. The fraction of sp³-hybridized carbons (Fsp3) is 0.509. The van der Waals surface area contributed by atoms with Crippen molar-refractivity contribution in [2.45, 2.75) is 104 Å². The van der Waals surface area contributed by atoms with Gasteiger partial charge in [-0.05, 0) is 99.2 Å². The summed E-state index contributed by atoms with van der Waals surface area (Å²) in [7, 11) is -4.76. The van der Waals surface area contributed by atoms with Gasteiger partial charge in [-0.1, -0.05) is 24.3 Å². The van der Waals surface area contributed by atoms with Crippen LogP contribution in [0.3, 0.4) is 0 Å². The number of aryl methyl sites for hydroxylation is 1. The van der Waals surface area contributed by atoms with Crippen LogP contribution in [0.2, 0.25) is 0 Å². The van der Waals surface area contributed by atoms with Gasteiger partial charge in [-0.3, -0.25) is 24.7 Å². The van der Waals surface area contributed by atoms with Crippen LogP contribution in [-0.4, -0.2) is 135 Å². The van der Waals surface area contributed by atoms with Gasteiger partial charge in [-0.2, -0.15) is 4.98 Å². The third-order valence-corrected chi connectivity index (χ3v) is 19.2. The minimum Gasteiger partial charge on any atom is -0.489 e. The quantitative estimate of drug-likeness (QED) is 0.0962. The molecule has 0 radical (unpaired) electrons. The molecule has 13 rings (SSSR count). The number of nitrogens with zero attached hydrogens (tertiary/aromatic N) is 6. The van der Waals surface area contributed by atoms with Crippen LogP contribution in [0, 0.1) is 28.4 Å². The van der Waals surface area contributed by atoms with Gasteiger partial charge in [0, 0.05) is 86.9 Å². The highest BCUT2D eigenvalue weighted by Crippen LogP contribution is 2.56. The summed E-state index contributed by atoms with van der Waals surface area (Å²) >= 11 is 0. The molecular formula is C53H61N9O9S. The van der Waals surface area contributed by atoms with Gasteiger partial charge in [0.05, 0.1) is 58.7 Å². The second-order valence-corrected chi connectivity index (χ2v) is 23.5. The molecule has 1 amide bonds. The number of anilines is 4. The molecule has 1 saturated carbocycles. The molecule has 72 heavy (non-hydrogen) atoms. The summed E-state index contributed by atoms with van der Waals surface area (Å²) in [6, 6.07) is 19.2. The van der Waals surface area contributed by atoms with E-state index in [-0.39, 0.29) is 87.1 Å². The number of pyridine rings is 1. The Morgan fingerprint density at radius 2 is 1.83 bits per heavy atom. The average molecular weight is 1000 g/mol. The van der Waals surface area contributed by atoms with E-state index in [4.69, 9.17) is 29.7 Å². The molecule has 6 fully saturated rings. The summed E-state index contributed by atoms with van der Waals surface area (Å²) in [5, 5.41) is 17.2. The topological polar surface area (TPSA) is 211 Å². The van der Waals surface area contributed by atoms with E-state index in [0.717, 1.165) is 63.1 Å². The predicted octanol–water partition coefficient (Wildman–Crippen LogP) is 6.88. The standard InChI is InChI=1S/C53H61N9O9S/c1-31-5-2-3-6-39(31)41-7-4-15-60(41)36-23-53(24-36)12-16-58(17-13-53)42-9-8-40(50(54)63)48(61-25-33-28-68-18-11-45(33)71-52-44(61)19-32-10-14-55-51(32)57-52)49(42)72(66,67)38-21-43(62(64)65)47-46(22-38)70-29-34(56-47)26-59-27-37-20-35(59)30-69-37/h2-3,5-6,8-10,14,19,21-22,33-37,41,45,56H,4,7,11-13,15-18,20,23-30H2,1H3,(H2,54,63)(H,55,57)/t33-,34+,35-,37-,41+,45+/m1/s1. The third kappa shape index (κ3) is 7.76. The third-order valence-electron chi connectivity index (χ3n) is 17.4. The van der Waals surface area contributed by atoms with E-state index < -0.39 is 26.4 Å². The maximum absolute atomic E-state index is 16.2.